The molecule has 5 rings (SSSR count). The number of benzene rings is 4. The molecule has 0 radical (unpaired) electrons. The van der Waals surface area contributed by atoms with Crippen molar-refractivity contribution in [2.24, 2.45) is 0 Å². The van der Waals surface area contributed by atoms with Gasteiger partial charge >= 0.3 is 0 Å². The van der Waals surface area contributed by atoms with E-state index in [4.69, 9.17) is 0 Å². The largest absolute Gasteiger partial charge is 0.355 e. The van der Waals surface area contributed by atoms with Gasteiger partial charge in [0.2, 0.25) is 0 Å². The SMILES string of the molecule is O=C1c2c(Nc3ccccc3)ccc(Nc3ccccc3)c2C(=O)c2c(F)c(F)c(F)c(F)c21. The molecular formula is C26H14F4N2O2. The zero-order chi connectivity index (χ0) is 24.0. The van der Waals surface area contributed by atoms with Gasteiger partial charge in [-0.25, -0.2) is 17.6 Å². The molecule has 0 aliphatic heterocycles. The summed E-state index contributed by atoms with van der Waals surface area (Å²) in [5.74, 6) is -10.4. The molecule has 8 heteroatoms. The van der Waals surface area contributed by atoms with Gasteiger partial charge in [-0.2, -0.15) is 0 Å². The van der Waals surface area contributed by atoms with E-state index < -0.39 is 46.0 Å². The van der Waals surface area contributed by atoms with Crippen LogP contribution in [0.2, 0.25) is 0 Å². The second kappa shape index (κ2) is 8.15. The summed E-state index contributed by atoms with van der Waals surface area (Å²) in [4.78, 5) is 26.8. The maximum Gasteiger partial charge on any atom is 0.199 e. The molecule has 0 amide bonds. The van der Waals surface area contributed by atoms with Crippen molar-refractivity contribution in [1.82, 2.24) is 0 Å². The molecule has 0 aromatic heterocycles. The lowest BCUT2D eigenvalue weighted by molar-refractivity contribution is 0.0970. The van der Waals surface area contributed by atoms with E-state index in [2.05, 4.69) is 10.6 Å². The third-order valence-electron chi connectivity index (χ3n) is 5.49. The van der Waals surface area contributed by atoms with E-state index in [9.17, 15) is 27.2 Å². The van der Waals surface area contributed by atoms with Gasteiger partial charge in [-0.1, -0.05) is 36.4 Å². The van der Waals surface area contributed by atoms with Crippen molar-refractivity contribution in [3.8, 4) is 0 Å². The number of carbonyl (C=O) groups is 2. The fourth-order valence-electron chi connectivity index (χ4n) is 3.94. The fourth-order valence-corrected chi connectivity index (χ4v) is 3.94. The summed E-state index contributed by atoms with van der Waals surface area (Å²) in [6, 6.07) is 20.2. The molecule has 34 heavy (non-hydrogen) atoms. The lowest BCUT2D eigenvalue weighted by Gasteiger charge is -2.25. The summed E-state index contributed by atoms with van der Waals surface area (Å²) >= 11 is 0. The molecule has 0 unspecified atom stereocenters. The van der Waals surface area contributed by atoms with Crippen LogP contribution in [-0.2, 0) is 0 Å². The predicted molar refractivity (Wildman–Crippen MR) is 119 cm³/mol. The smallest absolute Gasteiger partial charge is 0.199 e. The molecule has 4 aromatic rings. The molecule has 0 fully saturated rings. The van der Waals surface area contributed by atoms with Gasteiger partial charge in [0.25, 0.3) is 0 Å². The topological polar surface area (TPSA) is 58.2 Å². The molecule has 0 saturated heterocycles. The van der Waals surface area contributed by atoms with Crippen LogP contribution in [0.15, 0.2) is 72.8 Å². The normalized spacial score (nSPS) is 12.2. The monoisotopic (exact) mass is 462 g/mol. The first-order valence-electron chi connectivity index (χ1n) is 10.1. The molecule has 2 N–H and O–H groups in total. The lowest BCUT2D eigenvalue weighted by Crippen LogP contribution is -2.27. The van der Waals surface area contributed by atoms with Crippen molar-refractivity contribution in [3.63, 3.8) is 0 Å². The standard InChI is InChI=1S/C26H14F4N2O2/c27-21-19-20(22(28)24(30)23(21)29)26(34)18-16(32-14-9-5-2-6-10-14)12-11-15(17(18)25(19)33)31-13-7-3-1-4-8-13/h1-12,31-32H. The molecular weight excluding hydrogens is 448 g/mol. The highest BCUT2D eigenvalue weighted by Crippen LogP contribution is 2.41. The average Bonchev–Trinajstić information content (AvgIpc) is 2.85. The van der Waals surface area contributed by atoms with Gasteiger partial charge in [0.05, 0.1) is 33.6 Å². The Balaban J connectivity index is 1.76. The number of rotatable bonds is 4. The number of anilines is 4. The van der Waals surface area contributed by atoms with Gasteiger partial charge in [-0.15, -0.1) is 0 Å². The van der Waals surface area contributed by atoms with Crippen molar-refractivity contribution in [2.75, 3.05) is 10.6 Å². The first-order valence-corrected chi connectivity index (χ1v) is 10.1. The molecule has 4 nitrogen and oxygen atoms in total. The zero-order valence-electron chi connectivity index (χ0n) is 17.3. The summed E-state index contributed by atoms with van der Waals surface area (Å²) in [6.07, 6.45) is 0. The molecule has 0 atom stereocenters. The first-order chi connectivity index (χ1) is 16.4. The lowest BCUT2D eigenvalue weighted by atomic mass is 9.81. The molecule has 0 saturated carbocycles. The maximum absolute atomic E-state index is 14.7. The average molecular weight is 462 g/mol. The molecule has 0 bridgehead atoms. The third-order valence-corrected chi connectivity index (χ3v) is 5.49. The highest BCUT2D eigenvalue weighted by Gasteiger charge is 2.41. The van der Waals surface area contributed by atoms with Crippen LogP contribution in [0.5, 0.6) is 0 Å². The summed E-state index contributed by atoms with van der Waals surface area (Å²) < 4.78 is 57.3. The Morgan fingerprint density at radius 2 is 0.794 bits per heavy atom. The van der Waals surface area contributed by atoms with Gasteiger partial charge in [-0.05, 0) is 36.4 Å². The number of nitrogens with one attached hydrogen (secondary N) is 2. The van der Waals surface area contributed by atoms with Crippen LogP contribution in [-0.4, -0.2) is 11.6 Å². The van der Waals surface area contributed by atoms with Gasteiger partial charge in [0, 0.05) is 11.4 Å². The van der Waals surface area contributed by atoms with Gasteiger partial charge in [0.15, 0.2) is 34.8 Å². The van der Waals surface area contributed by atoms with Crippen LogP contribution in [0, 0.1) is 23.3 Å². The summed E-state index contributed by atoms with van der Waals surface area (Å²) in [5.41, 5.74) is -1.50. The summed E-state index contributed by atoms with van der Waals surface area (Å²) in [7, 11) is 0. The van der Waals surface area contributed by atoms with Gasteiger partial charge < -0.3 is 10.6 Å². The van der Waals surface area contributed by atoms with Crippen LogP contribution in [0.3, 0.4) is 0 Å². The number of hydrogen-bond donors (Lipinski definition) is 2. The minimum atomic E-state index is -2.16. The number of hydrogen-bond acceptors (Lipinski definition) is 4. The second-order valence-electron chi connectivity index (χ2n) is 7.56. The van der Waals surface area contributed by atoms with E-state index in [0.717, 1.165) is 0 Å². The number of carbonyl (C=O) groups excluding carboxylic acids is 2. The molecule has 168 valence electrons. The Labute approximate surface area is 190 Å². The van der Waals surface area contributed by atoms with E-state index >= 15 is 0 Å². The van der Waals surface area contributed by atoms with E-state index in [1.165, 1.54) is 12.1 Å². The van der Waals surface area contributed by atoms with E-state index in [1.807, 2.05) is 0 Å². The minimum Gasteiger partial charge on any atom is -0.355 e. The van der Waals surface area contributed by atoms with Crippen molar-refractivity contribution >= 4 is 34.3 Å². The Morgan fingerprint density at radius 3 is 1.15 bits per heavy atom. The van der Waals surface area contributed by atoms with Crippen LogP contribution in [0.4, 0.5) is 40.3 Å². The van der Waals surface area contributed by atoms with Gasteiger partial charge in [0.1, 0.15) is 0 Å². The maximum atomic E-state index is 14.7. The molecule has 1 aliphatic rings. The summed E-state index contributed by atoms with van der Waals surface area (Å²) in [6.45, 7) is 0. The first kappa shape index (κ1) is 21.4. The Hall–Kier alpha value is -4.46. The number of ketones is 2. The number of fused-ring (bicyclic) bond motifs is 2. The van der Waals surface area contributed by atoms with E-state index in [-0.39, 0.29) is 22.5 Å². The van der Waals surface area contributed by atoms with Crippen molar-refractivity contribution in [3.05, 3.63) is 118 Å². The zero-order valence-corrected chi connectivity index (χ0v) is 17.3. The van der Waals surface area contributed by atoms with Crippen molar-refractivity contribution in [1.29, 1.82) is 0 Å². The highest BCUT2D eigenvalue weighted by atomic mass is 19.2. The Bertz CT molecular complexity index is 1360. The Kier molecular flexibility index (Phi) is 5.13. The van der Waals surface area contributed by atoms with Crippen molar-refractivity contribution in [2.45, 2.75) is 0 Å². The molecule has 0 heterocycles. The number of para-hydroxylation sites is 2. The highest BCUT2D eigenvalue weighted by molar-refractivity contribution is 6.32. The second-order valence-corrected chi connectivity index (χ2v) is 7.56. The fraction of sp³-hybridized carbons (Fsp3) is 0. The summed E-state index contributed by atoms with van der Waals surface area (Å²) in [5, 5.41) is 5.96. The molecule has 0 spiro atoms. The van der Waals surface area contributed by atoms with E-state index in [0.29, 0.717) is 11.4 Å². The quantitative estimate of drug-likeness (QED) is 0.182. The minimum absolute atomic E-state index is 0.119. The Morgan fingerprint density at radius 1 is 0.441 bits per heavy atom. The van der Waals surface area contributed by atoms with Crippen LogP contribution in [0.25, 0.3) is 0 Å². The van der Waals surface area contributed by atoms with Crippen LogP contribution >= 0.6 is 0 Å². The van der Waals surface area contributed by atoms with Crippen LogP contribution in [0.1, 0.15) is 31.8 Å². The van der Waals surface area contributed by atoms with Crippen LogP contribution < -0.4 is 10.6 Å². The molecule has 1 aliphatic carbocycles. The molecule has 4 aromatic carbocycles. The van der Waals surface area contributed by atoms with Gasteiger partial charge in [-0.3, -0.25) is 9.59 Å². The third kappa shape index (κ3) is 3.31. The predicted octanol–water partition coefficient (Wildman–Crippen LogP) is 6.51. The number of halogens is 4. The van der Waals surface area contributed by atoms with E-state index in [1.54, 1.807) is 60.7 Å². The van der Waals surface area contributed by atoms with Crippen molar-refractivity contribution < 1.29 is 27.2 Å².